The molecule has 0 fully saturated rings. The zero-order valence-corrected chi connectivity index (χ0v) is 15.2. The van der Waals surface area contributed by atoms with Gasteiger partial charge in [0.2, 0.25) is 0 Å². The fourth-order valence-corrected chi connectivity index (χ4v) is 2.95. The molecular weight excluding hydrogens is 409 g/mol. The number of nitrogens with one attached hydrogen (secondary N) is 1. The van der Waals surface area contributed by atoms with Crippen molar-refractivity contribution in [1.82, 2.24) is 14.8 Å². The second-order valence-corrected chi connectivity index (χ2v) is 6.33. The van der Waals surface area contributed by atoms with Crippen LogP contribution in [0, 0.1) is 0 Å². The molecule has 2 heterocycles. The number of aromatic nitrogens is 3. The number of halogens is 5. The van der Waals surface area contributed by atoms with Crippen molar-refractivity contribution in [3.05, 3.63) is 66.5 Å². The molecule has 2 aromatic carbocycles. The van der Waals surface area contributed by atoms with Crippen molar-refractivity contribution in [1.29, 1.82) is 0 Å². The molecule has 5 nitrogen and oxygen atoms in total. The van der Waals surface area contributed by atoms with Gasteiger partial charge in [0.15, 0.2) is 0 Å². The van der Waals surface area contributed by atoms with Crippen LogP contribution in [-0.2, 0) is 6.61 Å². The molecule has 0 unspecified atom stereocenters. The van der Waals surface area contributed by atoms with Crippen LogP contribution < -0.4 is 9.47 Å². The van der Waals surface area contributed by atoms with Crippen LogP contribution in [0.5, 0.6) is 11.5 Å². The van der Waals surface area contributed by atoms with Crippen molar-refractivity contribution < 1.29 is 31.4 Å². The summed E-state index contributed by atoms with van der Waals surface area (Å²) < 4.78 is 73.5. The second-order valence-electron chi connectivity index (χ2n) is 6.33. The van der Waals surface area contributed by atoms with Gasteiger partial charge in [-0.3, -0.25) is 0 Å². The average Bonchev–Trinajstić information content (AvgIpc) is 3.32. The van der Waals surface area contributed by atoms with E-state index in [1.54, 1.807) is 18.3 Å². The van der Waals surface area contributed by atoms with Gasteiger partial charge in [0.05, 0.1) is 11.4 Å². The van der Waals surface area contributed by atoms with Gasteiger partial charge in [0.25, 0.3) is 0 Å². The zero-order chi connectivity index (χ0) is 21.3. The summed E-state index contributed by atoms with van der Waals surface area (Å²) >= 11 is 0. The summed E-state index contributed by atoms with van der Waals surface area (Å²) in [5.74, 6) is 0.0741. The molecule has 156 valence electrons. The topological polar surface area (TPSA) is 52.1 Å². The maximum absolute atomic E-state index is 13.4. The molecule has 0 saturated carbocycles. The van der Waals surface area contributed by atoms with E-state index >= 15 is 0 Å². The Morgan fingerprint density at radius 2 is 1.70 bits per heavy atom. The van der Waals surface area contributed by atoms with Crippen molar-refractivity contribution in [3.8, 4) is 22.8 Å². The van der Waals surface area contributed by atoms with Crippen LogP contribution in [0.2, 0.25) is 0 Å². The van der Waals surface area contributed by atoms with Crippen molar-refractivity contribution in [2.75, 3.05) is 0 Å². The van der Waals surface area contributed by atoms with E-state index in [1.807, 2.05) is 12.1 Å². The lowest BCUT2D eigenvalue weighted by Gasteiger charge is -2.08. The molecule has 0 atom stereocenters. The quantitative estimate of drug-likeness (QED) is 0.393. The van der Waals surface area contributed by atoms with Crippen LogP contribution in [0.3, 0.4) is 0 Å². The van der Waals surface area contributed by atoms with Gasteiger partial charge in [-0.1, -0.05) is 0 Å². The molecular formula is C20H14F5N3O2. The number of hydrogen-bond acceptors (Lipinski definition) is 3. The highest BCUT2D eigenvalue weighted by Gasteiger charge is 2.31. The van der Waals surface area contributed by atoms with Gasteiger partial charge < -0.3 is 14.5 Å². The Morgan fingerprint density at radius 1 is 0.967 bits per heavy atom. The molecule has 0 amide bonds. The predicted octanol–water partition coefficient (Wildman–Crippen LogP) is 5.90. The third-order valence-corrected chi connectivity index (χ3v) is 4.29. The largest absolute Gasteiger partial charge is 0.573 e. The van der Waals surface area contributed by atoms with Gasteiger partial charge in [0, 0.05) is 23.3 Å². The van der Waals surface area contributed by atoms with Crippen LogP contribution in [-0.4, -0.2) is 21.1 Å². The number of ether oxygens (including phenoxy) is 2. The van der Waals surface area contributed by atoms with Gasteiger partial charge >= 0.3 is 12.9 Å². The SMILES string of the molecule is FC(F)n1nc(-c2ccc(OC(F)(F)F)cc2)cc1COc1ccc2cc[nH]c2c1. The summed E-state index contributed by atoms with van der Waals surface area (Å²) in [5.41, 5.74) is 1.49. The first-order valence-electron chi connectivity index (χ1n) is 8.71. The van der Waals surface area contributed by atoms with Crippen molar-refractivity contribution >= 4 is 10.9 Å². The molecule has 0 bridgehead atoms. The molecule has 0 aliphatic rings. The Balaban J connectivity index is 1.54. The van der Waals surface area contributed by atoms with Gasteiger partial charge in [0.1, 0.15) is 18.1 Å². The van der Waals surface area contributed by atoms with E-state index in [4.69, 9.17) is 4.74 Å². The average molecular weight is 423 g/mol. The lowest BCUT2D eigenvalue weighted by Crippen LogP contribution is -2.16. The van der Waals surface area contributed by atoms with Crippen LogP contribution in [0.25, 0.3) is 22.2 Å². The standard InChI is InChI=1S/C20H14F5N3O2/c21-19(22)28-14(11-29-16-6-3-13-7-8-26-17(13)10-16)9-18(27-28)12-1-4-15(5-2-12)30-20(23,24)25/h1-10,19,26H,11H2. The minimum atomic E-state index is -4.81. The number of alkyl halides is 5. The molecule has 4 rings (SSSR count). The maximum atomic E-state index is 13.4. The van der Waals surface area contributed by atoms with Crippen LogP contribution in [0.4, 0.5) is 22.0 Å². The van der Waals surface area contributed by atoms with Crippen molar-refractivity contribution in [3.63, 3.8) is 0 Å². The minimum absolute atomic E-state index is 0.113. The Kier molecular flexibility index (Phi) is 5.06. The normalized spacial score (nSPS) is 11.9. The molecule has 4 aromatic rings. The lowest BCUT2D eigenvalue weighted by atomic mass is 10.1. The molecule has 0 radical (unpaired) electrons. The first kappa shape index (κ1) is 19.7. The highest BCUT2D eigenvalue weighted by Crippen LogP contribution is 2.28. The third kappa shape index (κ3) is 4.37. The lowest BCUT2D eigenvalue weighted by molar-refractivity contribution is -0.274. The van der Waals surface area contributed by atoms with Crippen molar-refractivity contribution in [2.24, 2.45) is 0 Å². The molecule has 2 aromatic heterocycles. The van der Waals surface area contributed by atoms with Crippen LogP contribution >= 0.6 is 0 Å². The smallest absolute Gasteiger partial charge is 0.487 e. The summed E-state index contributed by atoms with van der Waals surface area (Å²) in [7, 11) is 0. The van der Waals surface area contributed by atoms with Crippen LogP contribution in [0.1, 0.15) is 12.2 Å². The fourth-order valence-electron chi connectivity index (χ4n) is 2.95. The van der Waals surface area contributed by atoms with E-state index in [0.717, 1.165) is 23.0 Å². The van der Waals surface area contributed by atoms with Gasteiger partial charge in [-0.15, -0.1) is 13.2 Å². The number of hydrogen-bond donors (Lipinski definition) is 1. The minimum Gasteiger partial charge on any atom is -0.487 e. The molecule has 0 aliphatic heterocycles. The first-order valence-corrected chi connectivity index (χ1v) is 8.71. The summed E-state index contributed by atoms with van der Waals surface area (Å²) in [6, 6.07) is 13.4. The number of H-pyrrole nitrogens is 1. The first-order chi connectivity index (χ1) is 14.3. The Morgan fingerprint density at radius 3 is 2.40 bits per heavy atom. The van der Waals surface area contributed by atoms with E-state index in [9.17, 15) is 22.0 Å². The molecule has 0 saturated heterocycles. The zero-order valence-electron chi connectivity index (χ0n) is 15.2. The van der Waals surface area contributed by atoms with Gasteiger partial charge in [-0.25, -0.2) is 4.68 Å². The molecule has 10 heteroatoms. The highest BCUT2D eigenvalue weighted by atomic mass is 19.4. The van der Waals surface area contributed by atoms with Crippen molar-refractivity contribution in [2.45, 2.75) is 19.5 Å². The summed E-state index contributed by atoms with van der Waals surface area (Å²) in [4.78, 5) is 3.03. The number of rotatable bonds is 6. The van der Waals surface area contributed by atoms with E-state index < -0.39 is 18.7 Å². The fraction of sp³-hybridized carbons (Fsp3) is 0.150. The summed E-state index contributed by atoms with van der Waals surface area (Å²) in [6.07, 6.45) is -3.04. The van der Waals surface area contributed by atoms with Crippen LogP contribution in [0.15, 0.2) is 60.8 Å². The van der Waals surface area contributed by atoms with Gasteiger partial charge in [-0.05, 0) is 53.9 Å². The summed E-state index contributed by atoms with van der Waals surface area (Å²) in [6.45, 7) is -3.07. The highest BCUT2D eigenvalue weighted by molar-refractivity contribution is 5.80. The molecule has 30 heavy (non-hydrogen) atoms. The summed E-state index contributed by atoms with van der Waals surface area (Å²) in [5, 5.41) is 4.84. The molecule has 0 aliphatic carbocycles. The second kappa shape index (κ2) is 7.69. The Hall–Kier alpha value is -3.56. The third-order valence-electron chi connectivity index (χ3n) is 4.29. The predicted molar refractivity (Wildman–Crippen MR) is 98.2 cm³/mol. The maximum Gasteiger partial charge on any atom is 0.573 e. The van der Waals surface area contributed by atoms with E-state index in [-0.39, 0.29) is 18.0 Å². The number of benzene rings is 2. The monoisotopic (exact) mass is 423 g/mol. The Labute approximate surface area is 166 Å². The number of nitrogens with zero attached hydrogens (tertiary/aromatic N) is 2. The number of fused-ring (bicyclic) bond motifs is 1. The Bertz CT molecular complexity index is 1150. The molecule has 0 spiro atoms. The van der Waals surface area contributed by atoms with E-state index in [0.29, 0.717) is 16.0 Å². The van der Waals surface area contributed by atoms with E-state index in [2.05, 4.69) is 14.8 Å². The molecule has 1 N–H and O–H groups in total. The van der Waals surface area contributed by atoms with Gasteiger partial charge in [-0.2, -0.15) is 13.9 Å². The van der Waals surface area contributed by atoms with E-state index in [1.165, 1.54) is 18.2 Å². The number of aromatic amines is 1.